The van der Waals surface area contributed by atoms with Crippen LogP contribution >= 0.6 is 0 Å². The van der Waals surface area contributed by atoms with E-state index in [2.05, 4.69) is 20.8 Å². The second-order valence-corrected chi connectivity index (χ2v) is 5.98. The van der Waals surface area contributed by atoms with Gasteiger partial charge in [-0.05, 0) is 42.3 Å². The summed E-state index contributed by atoms with van der Waals surface area (Å²) < 4.78 is 7.37. The number of carbonyl (C=O) groups excluding carboxylic acids is 2. The minimum absolute atomic E-state index is 0.0200. The fourth-order valence-corrected chi connectivity index (χ4v) is 2.84. The number of ether oxygens (including phenoxy) is 1. The van der Waals surface area contributed by atoms with E-state index in [1.54, 1.807) is 12.1 Å². The Morgan fingerprint density at radius 1 is 1.23 bits per heavy atom. The summed E-state index contributed by atoms with van der Waals surface area (Å²) >= 11 is 0. The first-order valence-electron chi connectivity index (χ1n) is 8.30. The van der Waals surface area contributed by atoms with E-state index in [-0.39, 0.29) is 25.0 Å². The lowest BCUT2D eigenvalue weighted by Gasteiger charge is -2.17. The number of anilines is 1. The van der Waals surface area contributed by atoms with Crippen LogP contribution in [-0.4, -0.2) is 33.0 Å². The molecule has 4 rings (SSSR count). The van der Waals surface area contributed by atoms with Crippen LogP contribution in [0.2, 0.25) is 0 Å². The van der Waals surface area contributed by atoms with E-state index < -0.39 is 0 Å². The highest BCUT2D eigenvalue weighted by atomic mass is 16.5. The van der Waals surface area contributed by atoms with E-state index in [4.69, 9.17) is 4.74 Å². The molecule has 1 aliphatic rings. The molecule has 3 aromatic rings. The molecule has 0 saturated heterocycles. The first-order valence-corrected chi connectivity index (χ1v) is 8.30. The molecule has 8 heteroatoms. The number of fused-ring (bicyclic) bond motifs is 2. The van der Waals surface area contributed by atoms with Crippen LogP contribution in [0.3, 0.4) is 0 Å². The van der Waals surface area contributed by atoms with Gasteiger partial charge >= 0.3 is 0 Å². The molecule has 3 heterocycles. The summed E-state index contributed by atoms with van der Waals surface area (Å²) in [6.45, 7) is 0.172. The van der Waals surface area contributed by atoms with Gasteiger partial charge in [0, 0.05) is 18.3 Å². The number of rotatable bonds is 5. The molecule has 0 unspecified atom stereocenters. The Hall–Kier alpha value is -3.42. The molecule has 0 fully saturated rings. The van der Waals surface area contributed by atoms with Crippen LogP contribution in [0.5, 0.6) is 5.75 Å². The van der Waals surface area contributed by atoms with Crippen molar-refractivity contribution in [2.75, 3.05) is 11.9 Å². The number of benzene rings is 1. The first kappa shape index (κ1) is 16.1. The second kappa shape index (κ2) is 6.83. The fraction of sp³-hybridized carbons (Fsp3) is 0.222. The maximum atomic E-state index is 12.0. The maximum Gasteiger partial charge on any atom is 0.258 e. The van der Waals surface area contributed by atoms with Crippen LogP contribution in [0.4, 0.5) is 5.69 Å². The maximum absolute atomic E-state index is 12.0. The predicted octanol–water partition coefficient (Wildman–Crippen LogP) is 1.31. The van der Waals surface area contributed by atoms with Crippen molar-refractivity contribution in [1.29, 1.82) is 0 Å². The van der Waals surface area contributed by atoms with Gasteiger partial charge in [-0.15, -0.1) is 10.2 Å². The summed E-state index contributed by atoms with van der Waals surface area (Å²) in [4.78, 5) is 23.4. The zero-order valence-corrected chi connectivity index (χ0v) is 13.9. The van der Waals surface area contributed by atoms with Gasteiger partial charge in [0.15, 0.2) is 18.1 Å². The van der Waals surface area contributed by atoms with Gasteiger partial charge in [-0.1, -0.05) is 6.07 Å². The molecule has 0 spiro atoms. The van der Waals surface area contributed by atoms with E-state index in [0.717, 1.165) is 16.9 Å². The topological polar surface area (TPSA) is 97.6 Å². The van der Waals surface area contributed by atoms with Gasteiger partial charge in [-0.2, -0.15) is 0 Å². The number of hydrogen-bond donors (Lipinski definition) is 2. The summed E-state index contributed by atoms with van der Waals surface area (Å²) in [5.74, 6) is 1.02. The van der Waals surface area contributed by atoms with Crippen molar-refractivity contribution in [2.24, 2.45) is 0 Å². The summed E-state index contributed by atoms with van der Waals surface area (Å²) in [7, 11) is 0. The van der Waals surface area contributed by atoms with E-state index in [1.165, 1.54) is 0 Å². The highest BCUT2D eigenvalue weighted by molar-refractivity contribution is 5.94. The molecule has 2 aromatic heterocycles. The largest absolute Gasteiger partial charge is 0.484 e. The van der Waals surface area contributed by atoms with E-state index in [0.29, 0.717) is 24.4 Å². The predicted molar refractivity (Wildman–Crippen MR) is 93.7 cm³/mol. The van der Waals surface area contributed by atoms with E-state index >= 15 is 0 Å². The standard InChI is InChI=1S/C18H17N5O3/c24-17-7-4-12-9-13(5-6-14(12)20-17)26-11-18(25)19-10-16-22-21-15-3-1-2-8-23(15)16/h1-3,5-6,8-9H,4,7,10-11H2,(H,19,25)(H,20,24). The Kier molecular flexibility index (Phi) is 4.22. The van der Waals surface area contributed by atoms with Crippen LogP contribution in [-0.2, 0) is 22.6 Å². The molecular formula is C18H17N5O3. The van der Waals surface area contributed by atoms with E-state index in [9.17, 15) is 9.59 Å². The molecule has 26 heavy (non-hydrogen) atoms. The minimum atomic E-state index is -0.247. The number of pyridine rings is 1. The third kappa shape index (κ3) is 3.34. The Morgan fingerprint density at radius 2 is 2.15 bits per heavy atom. The van der Waals surface area contributed by atoms with Gasteiger partial charge in [-0.3, -0.25) is 14.0 Å². The first-order chi connectivity index (χ1) is 12.7. The van der Waals surface area contributed by atoms with Gasteiger partial charge < -0.3 is 15.4 Å². The zero-order chi connectivity index (χ0) is 17.9. The van der Waals surface area contributed by atoms with Crippen LogP contribution in [0.25, 0.3) is 5.65 Å². The van der Waals surface area contributed by atoms with Crippen LogP contribution in [0.1, 0.15) is 17.8 Å². The molecule has 0 bridgehead atoms. The van der Waals surface area contributed by atoms with Crippen molar-refractivity contribution >= 4 is 23.1 Å². The van der Waals surface area contributed by atoms with Crippen molar-refractivity contribution in [1.82, 2.24) is 19.9 Å². The molecule has 1 aliphatic heterocycles. The van der Waals surface area contributed by atoms with Crippen LogP contribution in [0.15, 0.2) is 42.6 Å². The van der Waals surface area contributed by atoms with Gasteiger partial charge in [0.1, 0.15) is 5.75 Å². The van der Waals surface area contributed by atoms with E-state index in [1.807, 2.05) is 34.9 Å². The molecule has 0 saturated carbocycles. The average Bonchev–Trinajstić information content (AvgIpc) is 3.08. The molecule has 2 N–H and O–H groups in total. The molecule has 1 aromatic carbocycles. The van der Waals surface area contributed by atoms with Crippen molar-refractivity contribution in [3.05, 3.63) is 54.0 Å². The van der Waals surface area contributed by atoms with Gasteiger partial charge in [0.2, 0.25) is 5.91 Å². The van der Waals surface area contributed by atoms with Gasteiger partial charge in [-0.25, -0.2) is 0 Å². The third-order valence-corrected chi connectivity index (χ3v) is 4.17. The van der Waals surface area contributed by atoms with Crippen molar-refractivity contribution in [2.45, 2.75) is 19.4 Å². The number of nitrogens with zero attached hydrogens (tertiary/aromatic N) is 3. The molecule has 132 valence electrons. The summed E-state index contributed by atoms with van der Waals surface area (Å²) in [6, 6.07) is 11.0. The highest BCUT2D eigenvalue weighted by Crippen LogP contribution is 2.26. The lowest BCUT2D eigenvalue weighted by molar-refractivity contribution is -0.123. The zero-order valence-electron chi connectivity index (χ0n) is 13.9. The Balaban J connectivity index is 1.32. The fourth-order valence-electron chi connectivity index (χ4n) is 2.84. The highest BCUT2D eigenvalue weighted by Gasteiger charge is 2.15. The van der Waals surface area contributed by atoms with Crippen molar-refractivity contribution in [3.63, 3.8) is 0 Å². The molecule has 0 aliphatic carbocycles. The molecule has 0 radical (unpaired) electrons. The number of amides is 2. The number of nitrogens with one attached hydrogen (secondary N) is 2. The lowest BCUT2D eigenvalue weighted by Crippen LogP contribution is -2.29. The van der Waals surface area contributed by atoms with Gasteiger partial charge in [0.05, 0.1) is 6.54 Å². The number of carbonyl (C=O) groups is 2. The molecule has 0 atom stereocenters. The Morgan fingerprint density at radius 3 is 3.08 bits per heavy atom. The Labute approximate surface area is 149 Å². The monoisotopic (exact) mass is 351 g/mol. The smallest absolute Gasteiger partial charge is 0.258 e. The molecule has 2 amide bonds. The number of hydrogen-bond acceptors (Lipinski definition) is 5. The summed E-state index contributed by atoms with van der Waals surface area (Å²) in [5, 5.41) is 13.7. The molecular weight excluding hydrogens is 334 g/mol. The minimum Gasteiger partial charge on any atom is -0.484 e. The van der Waals surface area contributed by atoms with Crippen LogP contribution in [0, 0.1) is 0 Å². The average molecular weight is 351 g/mol. The SMILES string of the molecule is O=C(COc1ccc2c(c1)CCC(=O)N2)NCc1nnc2ccccn12. The normalized spacial score (nSPS) is 13.2. The Bertz CT molecular complexity index is 982. The van der Waals surface area contributed by atoms with Crippen LogP contribution < -0.4 is 15.4 Å². The number of aryl methyl sites for hydroxylation is 1. The van der Waals surface area contributed by atoms with Crippen molar-refractivity contribution in [3.8, 4) is 5.75 Å². The quantitative estimate of drug-likeness (QED) is 0.722. The second-order valence-electron chi connectivity index (χ2n) is 5.98. The third-order valence-electron chi connectivity index (χ3n) is 4.17. The van der Waals surface area contributed by atoms with Crippen molar-refractivity contribution < 1.29 is 14.3 Å². The molecule has 8 nitrogen and oxygen atoms in total. The van der Waals surface area contributed by atoms with Gasteiger partial charge in [0.25, 0.3) is 5.91 Å². The summed E-state index contributed by atoms with van der Waals surface area (Å²) in [6.07, 6.45) is 2.98. The lowest BCUT2D eigenvalue weighted by atomic mass is 10.0. The summed E-state index contributed by atoms with van der Waals surface area (Å²) in [5.41, 5.74) is 2.54. The number of aromatic nitrogens is 3.